The molecule has 40 heavy (non-hydrogen) atoms. The molecule has 4 rings (SSSR count). The minimum Gasteiger partial charge on any atom is -0.352 e. The second-order valence-electron chi connectivity index (χ2n) is 9.74. The Kier molecular flexibility index (Phi) is 9.71. The standard InChI is InChI=1S/C29H30Cl2FN3O4S/c1-20(29(37)33-23-7-5-6-8-23)34(18-21-11-16-26(30)27(31)17-21)28(36)19-35(24-14-12-22(32)13-15-24)40(38,39)25-9-3-2-4-10-25/h2-4,9-17,20,23H,5-8,18-19H2,1H3,(H,33,37)/t20-/m0/s1. The number of hydrogen-bond acceptors (Lipinski definition) is 4. The zero-order valence-electron chi connectivity index (χ0n) is 21.9. The molecule has 0 aromatic heterocycles. The number of carbonyl (C=O) groups excluding carboxylic acids is 2. The first-order valence-corrected chi connectivity index (χ1v) is 15.1. The van der Waals surface area contributed by atoms with E-state index in [9.17, 15) is 22.4 Å². The number of nitrogens with one attached hydrogen (secondary N) is 1. The largest absolute Gasteiger partial charge is 0.352 e. The van der Waals surface area contributed by atoms with E-state index in [1.54, 1.807) is 43.3 Å². The number of nitrogens with zero attached hydrogens (tertiary/aromatic N) is 2. The van der Waals surface area contributed by atoms with Gasteiger partial charge in [0, 0.05) is 12.6 Å². The Hall–Kier alpha value is -3.14. The third kappa shape index (κ3) is 7.13. The van der Waals surface area contributed by atoms with Crippen LogP contribution in [0.3, 0.4) is 0 Å². The first-order chi connectivity index (χ1) is 19.1. The summed E-state index contributed by atoms with van der Waals surface area (Å²) in [5.41, 5.74) is 0.721. The van der Waals surface area contributed by atoms with Gasteiger partial charge in [-0.1, -0.05) is 60.3 Å². The van der Waals surface area contributed by atoms with Gasteiger partial charge in [-0.25, -0.2) is 12.8 Å². The molecular weight excluding hydrogens is 576 g/mol. The Labute approximate surface area is 243 Å². The summed E-state index contributed by atoms with van der Waals surface area (Å²) in [5.74, 6) is -1.51. The molecular formula is C29H30Cl2FN3O4S. The van der Waals surface area contributed by atoms with Gasteiger partial charge in [-0.15, -0.1) is 0 Å². The number of amides is 2. The average Bonchev–Trinajstić information content (AvgIpc) is 3.46. The second kappa shape index (κ2) is 13.0. The summed E-state index contributed by atoms with van der Waals surface area (Å²) in [6.07, 6.45) is 3.78. The summed E-state index contributed by atoms with van der Waals surface area (Å²) in [5, 5.41) is 3.64. The predicted octanol–water partition coefficient (Wildman–Crippen LogP) is 5.80. The van der Waals surface area contributed by atoms with Gasteiger partial charge in [0.1, 0.15) is 18.4 Å². The molecule has 0 heterocycles. The van der Waals surface area contributed by atoms with E-state index in [1.807, 2.05) is 0 Å². The Bertz CT molecular complexity index is 1450. The monoisotopic (exact) mass is 605 g/mol. The number of carbonyl (C=O) groups is 2. The van der Waals surface area contributed by atoms with Crippen LogP contribution >= 0.6 is 23.2 Å². The maximum absolute atomic E-state index is 13.9. The lowest BCUT2D eigenvalue weighted by molar-refractivity contribution is -0.139. The van der Waals surface area contributed by atoms with Crippen LogP contribution in [0.1, 0.15) is 38.2 Å². The van der Waals surface area contributed by atoms with Crippen molar-refractivity contribution >= 4 is 50.7 Å². The first-order valence-electron chi connectivity index (χ1n) is 12.9. The van der Waals surface area contributed by atoms with Gasteiger partial charge in [0.05, 0.1) is 20.6 Å². The molecule has 2 amide bonds. The molecule has 3 aromatic carbocycles. The summed E-state index contributed by atoms with van der Waals surface area (Å²) >= 11 is 12.3. The van der Waals surface area contributed by atoms with E-state index in [0.717, 1.165) is 42.1 Å². The van der Waals surface area contributed by atoms with E-state index in [-0.39, 0.29) is 34.1 Å². The molecule has 1 saturated carbocycles. The fraction of sp³-hybridized carbons (Fsp3) is 0.310. The van der Waals surface area contributed by atoms with Crippen LogP contribution in [0, 0.1) is 5.82 Å². The summed E-state index contributed by atoms with van der Waals surface area (Å²) < 4.78 is 42.0. The lowest BCUT2D eigenvalue weighted by Gasteiger charge is -2.32. The normalized spacial score (nSPS) is 14.5. The van der Waals surface area contributed by atoms with Crippen LogP contribution in [0.25, 0.3) is 0 Å². The molecule has 7 nitrogen and oxygen atoms in total. The van der Waals surface area contributed by atoms with Crippen LogP contribution < -0.4 is 9.62 Å². The molecule has 0 saturated heterocycles. The summed E-state index contributed by atoms with van der Waals surface area (Å²) in [6, 6.07) is 16.5. The molecule has 1 atom stereocenters. The lowest BCUT2D eigenvalue weighted by atomic mass is 10.1. The van der Waals surface area contributed by atoms with Crippen molar-refractivity contribution in [2.75, 3.05) is 10.8 Å². The quantitative estimate of drug-likeness (QED) is 0.316. The molecule has 0 spiro atoms. The van der Waals surface area contributed by atoms with E-state index in [4.69, 9.17) is 23.2 Å². The molecule has 1 fully saturated rings. The van der Waals surface area contributed by atoms with Crippen LogP contribution in [0.4, 0.5) is 10.1 Å². The van der Waals surface area contributed by atoms with Crippen molar-refractivity contribution in [3.63, 3.8) is 0 Å². The smallest absolute Gasteiger partial charge is 0.264 e. The highest BCUT2D eigenvalue weighted by molar-refractivity contribution is 7.92. The fourth-order valence-electron chi connectivity index (χ4n) is 4.67. The predicted molar refractivity (Wildman–Crippen MR) is 154 cm³/mol. The Morgan fingerprint density at radius 2 is 1.62 bits per heavy atom. The average molecular weight is 607 g/mol. The van der Waals surface area contributed by atoms with E-state index in [1.165, 1.54) is 29.2 Å². The van der Waals surface area contributed by atoms with Crippen LogP contribution in [0.15, 0.2) is 77.7 Å². The van der Waals surface area contributed by atoms with Crippen molar-refractivity contribution in [1.82, 2.24) is 10.2 Å². The maximum atomic E-state index is 13.9. The van der Waals surface area contributed by atoms with E-state index >= 15 is 0 Å². The summed E-state index contributed by atoms with van der Waals surface area (Å²) in [7, 11) is -4.22. The van der Waals surface area contributed by atoms with Crippen LogP contribution in [-0.2, 0) is 26.2 Å². The molecule has 0 bridgehead atoms. The topological polar surface area (TPSA) is 86.8 Å². The van der Waals surface area contributed by atoms with Crippen LogP contribution in [0.5, 0.6) is 0 Å². The minimum absolute atomic E-state index is 0.0163. The highest BCUT2D eigenvalue weighted by Gasteiger charge is 2.33. The van der Waals surface area contributed by atoms with Crippen LogP contribution in [0.2, 0.25) is 10.0 Å². The van der Waals surface area contributed by atoms with E-state index < -0.39 is 34.3 Å². The summed E-state index contributed by atoms with van der Waals surface area (Å²) in [4.78, 5) is 28.4. The van der Waals surface area contributed by atoms with E-state index in [0.29, 0.717) is 10.6 Å². The van der Waals surface area contributed by atoms with Crippen molar-refractivity contribution in [2.24, 2.45) is 0 Å². The third-order valence-corrected chi connectivity index (χ3v) is 9.46. The highest BCUT2D eigenvalue weighted by Crippen LogP contribution is 2.27. The fourth-order valence-corrected chi connectivity index (χ4v) is 6.42. The molecule has 3 aromatic rings. The van der Waals surface area contributed by atoms with Crippen molar-refractivity contribution < 1.29 is 22.4 Å². The third-order valence-electron chi connectivity index (χ3n) is 6.93. The SMILES string of the molecule is C[C@@H](C(=O)NC1CCCC1)N(Cc1ccc(Cl)c(Cl)c1)C(=O)CN(c1ccc(F)cc1)S(=O)(=O)c1ccccc1. The summed E-state index contributed by atoms with van der Waals surface area (Å²) in [6.45, 7) is 0.969. The Morgan fingerprint density at radius 3 is 2.25 bits per heavy atom. The van der Waals surface area contributed by atoms with Gasteiger partial charge in [-0.3, -0.25) is 13.9 Å². The maximum Gasteiger partial charge on any atom is 0.264 e. The second-order valence-corrected chi connectivity index (χ2v) is 12.4. The zero-order chi connectivity index (χ0) is 28.9. The van der Waals surface area contributed by atoms with Gasteiger partial charge < -0.3 is 10.2 Å². The van der Waals surface area contributed by atoms with Crippen molar-refractivity contribution in [3.05, 3.63) is 94.2 Å². The molecule has 11 heteroatoms. The van der Waals surface area contributed by atoms with Crippen molar-refractivity contribution in [3.8, 4) is 0 Å². The van der Waals surface area contributed by atoms with Gasteiger partial charge in [-0.2, -0.15) is 0 Å². The molecule has 0 unspecified atom stereocenters. The van der Waals surface area contributed by atoms with Crippen molar-refractivity contribution in [2.45, 2.75) is 56.1 Å². The number of hydrogen-bond donors (Lipinski definition) is 1. The van der Waals surface area contributed by atoms with E-state index in [2.05, 4.69) is 5.32 Å². The number of rotatable bonds is 10. The Balaban J connectivity index is 1.68. The van der Waals surface area contributed by atoms with Gasteiger partial charge in [-0.05, 0) is 73.9 Å². The number of sulfonamides is 1. The van der Waals surface area contributed by atoms with Crippen molar-refractivity contribution in [1.29, 1.82) is 0 Å². The van der Waals surface area contributed by atoms with Crippen LogP contribution in [-0.4, -0.2) is 43.8 Å². The number of anilines is 1. The van der Waals surface area contributed by atoms with Gasteiger partial charge in [0.25, 0.3) is 10.0 Å². The highest BCUT2D eigenvalue weighted by atomic mass is 35.5. The number of benzene rings is 3. The molecule has 0 radical (unpaired) electrons. The molecule has 1 aliphatic rings. The zero-order valence-corrected chi connectivity index (χ0v) is 24.2. The molecule has 0 aliphatic heterocycles. The first kappa shape index (κ1) is 29.8. The molecule has 1 aliphatic carbocycles. The van der Waals surface area contributed by atoms with Gasteiger partial charge in [0.15, 0.2) is 0 Å². The molecule has 1 N–H and O–H groups in total. The number of halogens is 3. The molecule has 212 valence electrons. The Morgan fingerprint density at radius 1 is 0.975 bits per heavy atom. The van der Waals surface area contributed by atoms with Gasteiger partial charge >= 0.3 is 0 Å². The van der Waals surface area contributed by atoms with Gasteiger partial charge in [0.2, 0.25) is 11.8 Å². The minimum atomic E-state index is -4.22. The lowest BCUT2D eigenvalue weighted by Crippen LogP contribution is -2.52.